The van der Waals surface area contributed by atoms with Gasteiger partial charge in [-0.15, -0.1) is 0 Å². The molecule has 0 aromatic heterocycles. The van der Waals surface area contributed by atoms with Gasteiger partial charge in [0.1, 0.15) is 12.1 Å². The van der Waals surface area contributed by atoms with Gasteiger partial charge in [0.25, 0.3) is 0 Å². The summed E-state index contributed by atoms with van der Waals surface area (Å²) in [4.78, 5) is 44.3. The monoisotopic (exact) mass is 321 g/mol. The Labute approximate surface area is 125 Å². The van der Waals surface area contributed by atoms with Crippen LogP contribution in [0.3, 0.4) is 0 Å². The molecule has 0 aliphatic heterocycles. The predicted molar refractivity (Wildman–Crippen MR) is 70.5 cm³/mol. The number of rotatable bonds is 10. The predicted octanol–water partition coefficient (Wildman–Crippen LogP) is -3.78. The average Bonchev–Trinajstić information content (AvgIpc) is 2.46. The lowest BCUT2D eigenvalue weighted by Gasteiger charge is -2.20. The van der Waals surface area contributed by atoms with E-state index in [4.69, 9.17) is 26.2 Å². The first-order valence-electron chi connectivity index (χ1n) is 6.25. The van der Waals surface area contributed by atoms with Gasteiger partial charge in [-0.05, 0) is 6.42 Å². The number of carboxylic acids is 2. The normalized spacial score (nSPS) is 14.5. The van der Waals surface area contributed by atoms with E-state index in [0.717, 1.165) is 0 Å². The first kappa shape index (κ1) is 19.8. The standard InChI is InChI=1S/C11H19N3O8/c12-5(1-2-8(17)18)9(19)13-6(3-15)10(20)14-7(4-16)11(21)22/h5-7,15-16H,1-4,12H2,(H,13,19)(H,14,20)(H,17,18)(H,21,22)/t5-,6-,7-/m0/s1. The molecule has 0 aliphatic rings. The molecule has 0 fully saturated rings. The van der Waals surface area contributed by atoms with E-state index >= 15 is 0 Å². The third-order valence-electron chi connectivity index (χ3n) is 2.62. The summed E-state index contributed by atoms with van der Waals surface area (Å²) < 4.78 is 0. The Hall–Kier alpha value is -2.24. The van der Waals surface area contributed by atoms with Crippen LogP contribution in [0.2, 0.25) is 0 Å². The fourth-order valence-corrected chi connectivity index (χ4v) is 1.34. The van der Waals surface area contributed by atoms with Crippen LogP contribution in [-0.4, -0.2) is 75.5 Å². The summed E-state index contributed by atoms with van der Waals surface area (Å²) in [5, 5.41) is 38.9. The largest absolute Gasteiger partial charge is 0.481 e. The van der Waals surface area contributed by atoms with Crippen molar-refractivity contribution in [1.82, 2.24) is 10.6 Å². The summed E-state index contributed by atoms with van der Waals surface area (Å²) in [5.74, 6) is -4.53. The lowest BCUT2D eigenvalue weighted by atomic mass is 10.1. The van der Waals surface area contributed by atoms with E-state index in [1.54, 1.807) is 0 Å². The molecule has 0 rings (SSSR count). The van der Waals surface area contributed by atoms with Crippen LogP contribution in [0.1, 0.15) is 12.8 Å². The summed E-state index contributed by atoms with van der Waals surface area (Å²) in [6.07, 6.45) is -0.522. The number of carboxylic acid groups (broad SMARTS) is 2. The van der Waals surface area contributed by atoms with Crippen molar-refractivity contribution in [2.45, 2.75) is 31.0 Å². The second-order valence-electron chi connectivity index (χ2n) is 4.36. The van der Waals surface area contributed by atoms with Gasteiger partial charge in [0.15, 0.2) is 0 Å². The van der Waals surface area contributed by atoms with Crippen LogP contribution in [-0.2, 0) is 19.2 Å². The molecule has 0 saturated heterocycles. The molecular formula is C11H19N3O8. The van der Waals surface area contributed by atoms with Crippen LogP contribution in [0.25, 0.3) is 0 Å². The summed E-state index contributed by atoms with van der Waals surface area (Å²) in [5.41, 5.74) is 5.42. The number of aliphatic hydroxyl groups excluding tert-OH is 2. The third kappa shape index (κ3) is 6.97. The highest BCUT2D eigenvalue weighted by Crippen LogP contribution is 1.96. The van der Waals surface area contributed by atoms with Gasteiger partial charge in [-0.25, -0.2) is 4.79 Å². The van der Waals surface area contributed by atoms with Crippen LogP contribution in [0.5, 0.6) is 0 Å². The van der Waals surface area contributed by atoms with E-state index < -0.39 is 55.1 Å². The molecule has 2 amide bonds. The van der Waals surface area contributed by atoms with Gasteiger partial charge >= 0.3 is 11.9 Å². The third-order valence-corrected chi connectivity index (χ3v) is 2.62. The number of nitrogens with two attached hydrogens (primary N) is 1. The zero-order valence-electron chi connectivity index (χ0n) is 11.6. The summed E-state index contributed by atoms with van der Waals surface area (Å²) in [7, 11) is 0. The van der Waals surface area contributed by atoms with Crippen molar-refractivity contribution >= 4 is 23.8 Å². The van der Waals surface area contributed by atoms with Gasteiger partial charge in [-0.2, -0.15) is 0 Å². The maximum atomic E-state index is 11.7. The minimum atomic E-state index is -1.58. The molecule has 0 aliphatic carbocycles. The Morgan fingerprint density at radius 3 is 1.82 bits per heavy atom. The van der Waals surface area contributed by atoms with E-state index in [1.165, 1.54) is 0 Å². The second kappa shape index (κ2) is 9.65. The molecule has 3 atom stereocenters. The molecule has 0 heterocycles. The van der Waals surface area contributed by atoms with E-state index in [0.29, 0.717) is 0 Å². The number of hydrogen-bond donors (Lipinski definition) is 7. The fourth-order valence-electron chi connectivity index (χ4n) is 1.34. The topological polar surface area (TPSA) is 199 Å². The van der Waals surface area contributed by atoms with Gasteiger partial charge in [-0.1, -0.05) is 0 Å². The molecular weight excluding hydrogens is 302 g/mol. The minimum absolute atomic E-state index is 0.171. The van der Waals surface area contributed by atoms with Crippen molar-refractivity contribution in [3.8, 4) is 0 Å². The molecule has 0 unspecified atom stereocenters. The van der Waals surface area contributed by atoms with Crippen LogP contribution in [0.15, 0.2) is 0 Å². The number of nitrogens with one attached hydrogen (secondary N) is 2. The molecule has 11 heteroatoms. The Kier molecular flexibility index (Phi) is 8.67. The highest BCUT2D eigenvalue weighted by molar-refractivity contribution is 5.92. The van der Waals surface area contributed by atoms with Crippen LogP contribution >= 0.6 is 0 Å². The van der Waals surface area contributed by atoms with E-state index in [9.17, 15) is 19.2 Å². The summed E-state index contributed by atoms with van der Waals surface area (Å²) in [6, 6.07) is -4.26. The average molecular weight is 321 g/mol. The Morgan fingerprint density at radius 1 is 0.909 bits per heavy atom. The van der Waals surface area contributed by atoms with Crippen molar-refractivity contribution < 1.29 is 39.6 Å². The number of carbonyl (C=O) groups is 4. The van der Waals surface area contributed by atoms with Gasteiger partial charge in [0, 0.05) is 6.42 Å². The van der Waals surface area contributed by atoms with Gasteiger partial charge in [-0.3, -0.25) is 14.4 Å². The molecule has 0 saturated carbocycles. The lowest BCUT2D eigenvalue weighted by molar-refractivity contribution is -0.143. The van der Waals surface area contributed by atoms with Crippen molar-refractivity contribution in [2.24, 2.45) is 5.73 Å². The Morgan fingerprint density at radius 2 is 1.41 bits per heavy atom. The first-order valence-corrected chi connectivity index (χ1v) is 6.25. The minimum Gasteiger partial charge on any atom is -0.481 e. The molecule has 126 valence electrons. The fraction of sp³-hybridized carbons (Fsp3) is 0.636. The zero-order chi connectivity index (χ0) is 17.3. The molecule has 8 N–H and O–H groups in total. The molecule has 11 nitrogen and oxygen atoms in total. The maximum Gasteiger partial charge on any atom is 0.328 e. The van der Waals surface area contributed by atoms with Gasteiger partial charge < -0.3 is 36.8 Å². The summed E-state index contributed by atoms with van der Waals surface area (Å²) >= 11 is 0. The van der Waals surface area contributed by atoms with Crippen molar-refractivity contribution in [3.05, 3.63) is 0 Å². The highest BCUT2D eigenvalue weighted by Gasteiger charge is 2.27. The van der Waals surface area contributed by atoms with Crippen molar-refractivity contribution in [2.75, 3.05) is 13.2 Å². The van der Waals surface area contributed by atoms with E-state index in [1.807, 2.05) is 5.32 Å². The lowest BCUT2D eigenvalue weighted by Crippen LogP contribution is -2.56. The maximum absolute atomic E-state index is 11.7. The van der Waals surface area contributed by atoms with Gasteiger partial charge in [0.2, 0.25) is 11.8 Å². The van der Waals surface area contributed by atoms with Crippen LogP contribution in [0, 0.1) is 0 Å². The Bertz CT molecular complexity index is 428. The number of hydrogen-bond acceptors (Lipinski definition) is 7. The summed E-state index contributed by atoms with van der Waals surface area (Å²) in [6.45, 7) is -1.70. The molecule has 0 radical (unpaired) electrons. The molecule has 0 aromatic carbocycles. The molecule has 0 bridgehead atoms. The molecule has 0 spiro atoms. The highest BCUT2D eigenvalue weighted by atomic mass is 16.4. The number of carbonyl (C=O) groups excluding carboxylic acids is 2. The van der Waals surface area contributed by atoms with E-state index in [2.05, 4.69) is 5.32 Å². The van der Waals surface area contributed by atoms with Crippen molar-refractivity contribution in [3.63, 3.8) is 0 Å². The number of amides is 2. The van der Waals surface area contributed by atoms with Crippen LogP contribution in [0.4, 0.5) is 0 Å². The first-order chi connectivity index (χ1) is 10.2. The van der Waals surface area contributed by atoms with Gasteiger partial charge in [0.05, 0.1) is 19.3 Å². The smallest absolute Gasteiger partial charge is 0.328 e. The number of aliphatic carboxylic acids is 2. The van der Waals surface area contributed by atoms with Crippen molar-refractivity contribution in [1.29, 1.82) is 0 Å². The second-order valence-corrected chi connectivity index (χ2v) is 4.36. The van der Waals surface area contributed by atoms with E-state index in [-0.39, 0.29) is 12.8 Å². The van der Waals surface area contributed by atoms with Crippen LogP contribution < -0.4 is 16.4 Å². The number of aliphatic hydroxyl groups is 2. The molecule has 0 aromatic rings. The quantitative estimate of drug-likeness (QED) is 0.211. The molecule has 22 heavy (non-hydrogen) atoms. The Balaban J connectivity index is 4.57. The SMILES string of the molecule is N[C@@H](CCC(=O)O)C(=O)N[C@@H](CO)C(=O)N[C@@H](CO)C(=O)O. The zero-order valence-corrected chi connectivity index (χ0v) is 11.6.